The Hall–Kier alpha value is -2.30. The Morgan fingerprint density at radius 2 is 2.04 bits per heavy atom. The third kappa shape index (κ3) is 2.44. The fraction of sp³-hybridized carbons (Fsp3) is 0.524. The first kappa shape index (κ1) is 15.9. The molecule has 1 aromatic heterocycles. The molecule has 0 saturated carbocycles. The Morgan fingerprint density at radius 3 is 2.92 bits per heavy atom. The van der Waals surface area contributed by atoms with Gasteiger partial charge in [0.2, 0.25) is 5.91 Å². The zero-order valence-corrected chi connectivity index (χ0v) is 15.2. The van der Waals surface area contributed by atoms with Gasteiger partial charge in [0.25, 0.3) is 5.91 Å². The van der Waals surface area contributed by atoms with Crippen LogP contribution in [0.15, 0.2) is 30.5 Å². The number of hydrogen-bond acceptors (Lipinski definition) is 2. The largest absolute Gasteiger partial charge is 0.351 e. The number of rotatable bonds is 1. The molecule has 0 spiro atoms. The molecule has 4 heterocycles. The fourth-order valence-electron chi connectivity index (χ4n) is 5.37. The van der Waals surface area contributed by atoms with Gasteiger partial charge < -0.3 is 14.4 Å². The summed E-state index contributed by atoms with van der Waals surface area (Å²) in [5.41, 5.74) is 1.92. The quantitative estimate of drug-likeness (QED) is 0.793. The van der Waals surface area contributed by atoms with E-state index in [4.69, 9.17) is 0 Å². The van der Waals surface area contributed by atoms with Gasteiger partial charge in [-0.2, -0.15) is 0 Å². The smallest absolute Gasteiger partial charge is 0.253 e. The van der Waals surface area contributed by atoms with E-state index in [1.54, 1.807) is 0 Å². The maximum atomic E-state index is 13.1. The lowest BCUT2D eigenvalue weighted by Crippen LogP contribution is -2.61. The highest BCUT2D eigenvalue weighted by molar-refractivity contribution is 5.98. The van der Waals surface area contributed by atoms with E-state index in [2.05, 4.69) is 15.5 Å². The zero-order chi connectivity index (χ0) is 17.8. The van der Waals surface area contributed by atoms with Crippen molar-refractivity contribution in [2.75, 3.05) is 19.6 Å². The lowest BCUT2D eigenvalue weighted by Gasteiger charge is -2.52. The molecular weight excluding hydrogens is 326 g/mol. The van der Waals surface area contributed by atoms with Crippen molar-refractivity contribution in [2.45, 2.75) is 31.7 Å². The number of likely N-dealkylation sites (tertiary alicyclic amines) is 1. The van der Waals surface area contributed by atoms with Crippen molar-refractivity contribution in [3.63, 3.8) is 0 Å². The maximum absolute atomic E-state index is 13.1. The minimum atomic E-state index is 0.140. The molecule has 2 amide bonds. The van der Waals surface area contributed by atoms with Gasteiger partial charge in [-0.05, 0) is 55.4 Å². The number of carbonyl (C=O) groups excluding carboxylic acids is 2. The number of aryl methyl sites for hydroxylation is 1. The van der Waals surface area contributed by atoms with Gasteiger partial charge in [0.05, 0.1) is 0 Å². The first-order valence-electron chi connectivity index (χ1n) is 9.74. The summed E-state index contributed by atoms with van der Waals surface area (Å²) < 4.78 is 2.07. The van der Waals surface area contributed by atoms with Crippen molar-refractivity contribution >= 4 is 22.7 Å². The van der Waals surface area contributed by atoms with E-state index in [1.807, 2.05) is 36.3 Å². The van der Waals surface area contributed by atoms with E-state index in [0.717, 1.165) is 55.4 Å². The van der Waals surface area contributed by atoms with Gasteiger partial charge in [0.1, 0.15) is 0 Å². The van der Waals surface area contributed by atoms with Crippen LogP contribution in [-0.2, 0) is 11.8 Å². The van der Waals surface area contributed by atoms with Crippen molar-refractivity contribution < 1.29 is 9.59 Å². The lowest BCUT2D eigenvalue weighted by molar-refractivity contribution is -0.144. The molecule has 5 nitrogen and oxygen atoms in total. The second-order valence-electron chi connectivity index (χ2n) is 8.28. The second kappa shape index (κ2) is 5.86. The lowest BCUT2D eigenvalue weighted by atomic mass is 9.76. The molecule has 0 aliphatic carbocycles. The van der Waals surface area contributed by atoms with Crippen LogP contribution in [0.4, 0.5) is 0 Å². The summed E-state index contributed by atoms with van der Waals surface area (Å²) in [7, 11) is 2.02. The topological polar surface area (TPSA) is 45.6 Å². The maximum Gasteiger partial charge on any atom is 0.253 e. The Kier molecular flexibility index (Phi) is 3.59. The molecule has 0 radical (unpaired) electrons. The number of carbonyl (C=O) groups is 2. The summed E-state index contributed by atoms with van der Waals surface area (Å²) in [6.07, 6.45) is 5.99. The average molecular weight is 351 g/mol. The first-order valence-corrected chi connectivity index (χ1v) is 9.74. The van der Waals surface area contributed by atoms with Crippen LogP contribution in [0.3, 0.4) is 0 Å². The predicted octanol–water partition coefficient (Wildman–Crippen LogP) is 2.65. The van der Waals surface area contributed by atoms with Crippen molar-refractivity contribution in [2.24, 2.45) is 18.9 Å². The Bertz CT molecular complexity index is 887. The molecule has 3 unspecified atom stereocenters. The number of fused-ring (bicyclic) bond motifs is 5. The summed E-state index contributed by atoms with van der Waals surface area (Å²) in [6, 6.07) is 8.40. The normalized spacial score (nSPS) is 28.3. The molecule has 136 valence electrons. The minimum absolute atomic E-state index is 0.140. The monoisotopic (exact) mass is 351 g/mol. The molecule has 2 bridgehead atoms. The standard InChI is InChI=1S/C21H25N3O2/c1-22-8-7-15-10-16(5-6-18(15)22)21(26)23-11-14-9-17(13-23)19-3-2-4-20(25)24(19)12-14/h5-8,10,14,17,19H,2-4,9,11-13H2,1H3. The molecular formula is C21H25N3O2. The van der Waals surface area contributed by atoms with Crippen LogP contribution in [0.1, 0.15) is 36.0 Å². The van der Waals surface area contributed by atoms with Crippen LogP contribution < -0.4 is 0 Å². The third-order valence-corrected chi connectivity index (χ3v) is 6.60. The molecule has 5 rings (SSSR count). The minimum Gasteiger partial charge on any atom is -0.351 e. The van der Waals surface area contributed by atoms with Crippen LogP contribution in [0.5, 0.6) is 0 Å². The second-order valence-corrected chi connectivity index (χ2v) is 8.28. The van der Waals surface area contributed by atoms with Crippen molar-refractivity contribution in [3.05, 3.63) is 36.0 Å². The first-order chi connectivity index (χ1) is 12.6. The van der Waals surface area contributed by atoms with Crippen LogP contribution in [0.2, 0.25) is 0 Å². The SMILES string of the molecule is Cn1ccc2cc(C(=O)N3CC4CC(C3)C3CCCC(=O)N3C4)ccc21. The summed E-state index contributed by atoms with van der Waals surface area (Å²) in [5, 5.41) is 1.11. The van der Waals surface area contributed by atoms with Gasteiger partial charge in [-0.15, -0.1) is 0 Å². The summed E-state index contributed by atoms with van der Waals surface area (Å²) in [4.78, 5) is 29.6. The highest BCUT2D eigenvalue weighted by Gasteiger charge is 2.44. The number of hydrogen-bond donors (Lipinski definition) is 0. The Balaban J connectivity index is 1.39. The van der Waals surface area contributed by atoms with E-state index in [0.29, 0.717) is 30.2 Å². The Morgan fingerprint density at radius 1 is 1.15 bits per heavy atom. The molecule has 3 fully saturated rings. The molecule has 3 aliphatic rings. The molecule has 2 aromatic rings. The van der Waals surface area contributed by atoms with Crippen molar-refractivity contribution in [1.29, 1.82) is 0 Å². The van der Waals surface area contributed by atoms with Gasteiger partial charge in [-0.25, -0.2) is 0 Å². The van der Waals surface area contributed by atoms with Crippen molar-refractivity contribution in [3.8, 4) is 0 Å². The third-order valence-electron chi connectivity index (χ3n) is 6.60. The van der Waals surface area contributed by atoms with Gasteiger partial charge in [0.15, 0.2) is 0 Å². The number of amides is 2. The zero-order valence-electron chi connectivity index (χ0n) is 15.2. The number of nitrogens with zero attached hydrogens (tertiary/aromatic N) is 3. The van der Waals surface area contributed by atoms with E-state index in [9.17, 15) is 9.59 Å². The van der Waals surface area contributed by atoms with Gasteiger partial charge in [-0.3, -0.25) is 9.59 Å². The molecule has 5 heteroatoms. The number of piperidine rings is 3. The molecule has 3 saturated heterocycles. The molecule has 3 aliphatic heterocycles. The summed E-state index contributed by atoms with van der Waals surface area (Å²) >= 11 is 0. The molecule has 3 atom stereocenters. The molecule has 26 heavy (non-hydrogen) atoms. The molecule has 1 aromatic carbocycles. The predicted molar refractivity (Wildman–Crippen MR) is 99.8 cm³/mol. The van der Waals surface area contributed by atoms with E-state index in [1.165, 1.54) is 0 Å². The van der Waals surface area contributed by atoms with E-state index in [-0.39, 0.29) is 5.91 Å². The highest BCUT2D eigenvalue weighted by Crippen LogP contribution is 2.38. The van der Waals surface area contributed by atoms with Crippen LogP contribution >= 0.6 is 0 Å². The summed E-state index contributed by atoms with van der Waals surface area (Å²) in [5.74, 6) is 1.33. The summed E-state index contributed by atoms with van der Waals surface area (Å²) in [6.45, 7) is 2.40. The fourth-order valence-corrected chi connectivity index (χ4v) is 5.37. The highest BCUT2D eigenvalue weighted by atomic mass is 16.2. The Labute approximate surface area is 153 Å². The number of aromatic nitrogens is 1. The average Bonchev–Trinajstić information content (AvgIpc) is 3.02. The van der Waals surface area contributed by atoms with Crippen LogP contribution in [0, 0.1) is 11.8 Å². The van der Waals surface area contributed by atoms with E-state index >= 15 is 0 Å². The van der Waals surface area contributed by atoms with E-state index < -0.39 is 0 Å². The van der Waals surface area contributed by atoms with Crippen LogP contribution in [0.25, 0.3) is 10.9 Å². The van der Waals surface area contributed by atoms with Gasteiger partial charge >= 0.3 is 0 Å². The van der Waals surface area contributed by atoms with Gasteiger partial charge in [-0.1, -0.05) is 0 Å². The van der Waals surface area contributed by atoms with Gasteiger partial charge in [0, 0.05) is 61.8 Å². The molecule has 0 N–H and O–H groups in total. The number of benzene rings is 1. The van der Waals surface area contributed by atoms with Crippen LogP contribution in [-0.4, -0.2) is 51.9 Å². The van der Waals surface area contributed by atoms with Crippen molar-refractivity contribution in [1.82, 2.24) is 14.4 Å².